The van der Waals surface area contributed by atoms with E-state index in [1.54, 1.807) is 0 Å². The second kappa shape index (κ2) is 10.2. The molecule has 3 aromatic carbocycles. The van der Waals surface area contributed by atoms with Gasteiger partial charge in [0.05, 0.1) is 10.5 Å². The molecule has 0 bridgehead atoms. The number of aliphatic hydroxyl groups is 1. The average Bonchev–Trinajstić information content (AvgIpc) is 2.88. The fourth-order valence-electron chi connectivity index (χ4n) is 4.35. The van der Waals surface area contributed by atoms with Crippen LogP contribution in [0.2, 0.25) is 0 Å². The molecule has 1 fully saturated rings. The van der Waals surface area contributed by atoms with Gasteiger partial charge in [0.2, 0.25) is 5.91 Å². The predicted molar refractivity (Wildman–Crippen MR) is 134 cm³/mol. The zero-order chi connectivity index (χ0) is 28.6. The zero-order valence-electron chi connectivity index (χ0n) is 20.3. The second-order valence-electron chi connectivity index (χ2n) is 9.01. The lowest BCUT2D eigenvalue weighted by Gasteiger charge is -2.42. The molecule has 0 spiro atoms. The molecule has 206 valence electrons. The van der Waals surface area contributed by atoms with Crippen molar-refractivity contribution in [2.45, 2.75) is 34.9 Å². The number of likely N-dealkylation sites (tertiary alicyclic amines) is 1. The van der Waals surface area contributed by atoms with Crippen molar-refractivity contribution in [3.8, 4) is 11.5 Å². The quantitative estimate of drug-likeness (QED) is 0.389. The SMILES string of the molecule is NC(=O)C1(S(=O)(=O)c2ccc(Oc3ccc(C(F)(F)F)cc3)cc2)CCN(C(=O)c2ccc(N)cc2)C(O)C1. The Labute approximate surface area is 221 Å². The number of aliphatic hydroxyl groups excluding tert-OH is 1. The number of halogens is 3. The number of nitrogens with two attached hydrogens (primary N) is 2. The number of benzene rings is 3. The minimum atomic E-state index is -4.50. The van der Waals surface area contributed by atoms with Gasteiger partial charge in [0.1, 0.15) is 17.7 Å². The topological polar surface area (TPSA) is 153 Å². The molecular formula is C26H24F3N3O6S. The van der Waals surface area contributed by atoms with Gasteiger partial charge in [-0.1, -0.05) is 0 Å². The molecule has 0 aliphatic carbocycles. The summed E-state index contributed by atoms with van der Waals surface area (Å²) in [6, 6.07) is 14.8. The molecule has 1 aliphatic heterocycles. The summed E-state index contributed by atoms with van der Waals surface area (Å²) in [7, 11) is -4.46. The second-order valence-corrected chi connectivity index (χ2v) is 11.3. The van der Waals surface area contributed by atoms with Crippen LogP contribution in [0.5, 0.6) is 11.5 Å². The van der Waals surface area contributed by atoms with Gasteiger partial charge >= 0.3 is 6.18 Å². The van der Waals surface area contributed by atoms with Crippen LogP contribution in [0.15, 0.2) is 77.7 Å². The fraction of sp³-hybridized carbons (Fsp3) is 0.231. The summed E-state index contributed by atoms with van der Waals surface area (Å²) < 4.78 is 68.8. The van der Waals surface area contributed by atoms with Crippen molar-refractivity contribution in [2.75, 3.05) is 12.3 Å². The Kier molecular flexibility index (Phi) is 7.32. The van der Waals surface area contributed by atoms with E-state index in [-0.39, 0.29) is 34.9 Å². The van der Waals surface area contributed by atoms with Crippen LogP contribution in [0.1, 0.15) is 28.8 Å². The Balaban J connectivity index is 1.53. The number of carbonyl (C=O) groups is 2. The molecule has 5 N–H and O–H groups in total. The van der Waals surface area contributed by atoms with E-state index >= 15 is 0 Å². The van der Waals surface area contributed by atoms with Gasteiger partial charge in [-0.25, -0.2) is 8.42 Å². The lowest BCUT2D eigenvalue weighted by atomic mass is 9.93. The summed E-state index contributed by atoms with van der Waals surface area (Å²) in [5.41, 5.74) is 11.0. The van der Waals surface area contributed by atoms with Gasteiger partial charge in [-0.3, -0.25) is 9.59 Å². The third-order valence-corrected chi connectivity index (χ3v) is 9.06. The van der Waals surface area contributed by atoms with E-state index in [1.165, 1.54) is 36.4 Å². The molecular weight excluding hydrogens is 539 g/mol. The molecule has 3 aromatic rings. The van der Waals surface area contributed by atoms with Crippen LogP contribution < -0.4 is 16.2 Å². The maximum Gasteiger partial charge on any atom is 0.416 e. The molecule has 0 radical (unpaired) electrons. The van der Waals surface area contributed by atoms with Gasteiger partial charge in [-0.15, -0.1) is 0 Å². The molecule has 2 unspecified atom stereocenters. The van der Waals surface area contributed by atoms with E-state index in [9.17, 15) is 36.3 Å². The van der Waals surface area contributed by atoms with Gasteiger partial charge in [-0.2, -0.15) is 13.2 Å². The van der Waals surface area contributed by atoms with Crippen LogP contribution in [0, 0.1) is 0 Å². The molecule has 0 saturated carbocycles. The fourth-order valence-corrected chi connectivity index (χ4v) is 6.29. The van der Waals surface area contributed by atoms with E-state index in [4.69, 9.17) is 16.2 Å². The maximum absolute atomic E-state index is 13.6. The molecule has 13 heteroatoms. The summed E-state index contributed by atoms with van der Waals surface area (Å²) in [5, 5.41) is 10.7. The van der Waals surface area contributed by atoms with Crippen LogP contribution in [0.4, 0.5) is 18.9 Å². The number of carbonyl (C=O) groups excluding carboxylic acids is 2. The largest absolute Gasteiger partial charge is 0.457 e. The van der Waals surface area contributed by atoms with Gasteiger partial charge in [0.15, 0.2) is 14.6 Å². The molecule has 39 heavy (non-hydrogen) atoms. The normalized spacial score (nSPS) is 19.9. The van der Waals surface area contributed by atoms with Crippen molar-refractivity contribution in [1.82, 2.24) is 4.90 Å². The number of nitrogen functional groups attached to an aromatic ring is 1. The minimum Gasteiger partial charge on any atom is -0.457 e. The standard InChI is InChI=1S/C26H24F3N3O6S/c27-26(28,29)17-3-7-19(8-4-17)38-20-9-11-21(12-10-20)39(36,37)25(24(31)35)13-14-32(22(33)15-25)23(34)16-1-5-18(30)6-2-16/h1-12,22,33H,13-15,30H2,(H2,31,35). The number of anilines is 1. The number of primary amides is 1. The van der Waals surface area contributed by atoms with E-state index in [1.807, 2.05) is 0 Å². The van der Waals surface area contributed by atoms with Crippen LogP contribution in [0.3, 0.4) is 0 Å². The molecule has 2 atom stereocenters. The highest BCUT2D eigenvalue weighted by Gasteiger charge is 2.55. The highest BCUT2D eigenvalue weighted by atomic mass is 32.2. The van der Waals surface area contributed by atoms with Crippen LogP contribution in [-0.2, 0) is 20.8 Å². The molecule has 0 aromatic heterocycles. The van der Waals surface area contributed by atoms with E-state index in [0.717, 1.165) is 41.3 Å². The Morgan fingerprint density at radius 3 is 1.97 bits per heavy atom. The van der Waals surface area contributed by atoms with Crippen molar-refractivity contribution in [3.05, 3.63) is 83.9 Å². The Hall–Kier alpha value is -4.10. The highest BCUT2D eigenvalue weighted by Crippen LogP contribution is 2.39. The molecule has 2 amide bonds. The number of sulfone groups is 1. The number of ether oxygens (including phenoxy) is 1. The van der Waals surface area contributed by atoms with Crippen molar-refractivity contribution in [2.24, 2.45) is 5.73 Å². The summed E-state index contributed by atoms with van der Waals surface area (Å²) in [6.45, 7) is -0.262. The molecule has 4 rings (SSSR count). The number of piperidine rings is 1. The molecule has 1 heterocycles. The van der Waals surface area contributed by atoms with Crippen molar-refractivity contribution in [1.29, 1.82) is 0 Å². The van der Waals surface area contributed by atoms with Crippen molar-refractivity contribution < 1.29 is 41.0 Å². The number of hydrogen-bond donors (Lipinski definition) is 3. The van der Waals surface area contributed by atoms with Gasteiger partial charge < -0.3 is 26.2 Å². The van der Waals surface area contributed by atoms with E-state index in [2.05, 4.69) is 0 Å². The van der Waals surface area contributed by atoms with Gasteiger partial charge in [-0.05, 0) is 79.2 Å². The van der Waals surface area contributed by atoms with Crippen LogP contribution >= 0.6 is 0 Å². The predicted octanol–water partition coefficient (Wildman–Crippen LogP) is 3.33. The van der Waals surface area contributed by atoms with E-state index < -0.39 is 50.8 Å². The van der Waals surface area contributed by atoms with Gasteiger partial charge in [0.25, 0.3) is 5.91 Å². The van der Waals surface area contributed by atoms with Gasteiger partial charge in [0, 0.05) is 24.2 Å². The molecule has 1 aliphatic rings. The minimum absolute atomic E-state index is 0.0912. The Morgan fingerprint density at radius 2 is 1.49 bits per heavy atom. The van der Waals surface area contributed by atoms with Crippen LogP contribution in [0.25, 0.3) is 0 Å². The maximum atomic E-state index is 13.6. The summed E-state index contributed by atoms with van der Waals surface area (Å²) in [4.78, 5) is 26.2. The molecule has 9 nitrogen and oxygen atoms in total. The van der Waals surface area contributed by atoms with Crippen molar-refractivity contribution in [3.63, 3.8) is 0 Å². The third kappa shape index (κ3) is 5.40. The smallest absolute Gasteiger partial charge is 0.416 e. The number of hydrogen-bond acceptors (Lipinski definition) is 7. The molecule has 1 saturated heterocycles. The number of nitrogens with zero attached hydrogens (tertiary/aromatic N) is 1. The monoisotopic (exact) mass is 563 g/mol. The lowest BCUT2D eigenvalue weighted by Crippen LogP contribution is -2.61. The highest BCUT2D eigenvalue weighted by molar-refractivity contribution is 7.93. The summed E-state index contributed by atoms with van der Waals surface area (Å²) in [5.74, 6) is -1.52. The number of rotatable bonds is 6. The number of alkyl halides is 3. The summed E-state index contributed by atoms with van der Waals surface area (Å²) in [6.07, 6.45) is -7.12. The lowest BCUT2D eigenvalue weighted by molar-refractivity contribution is -0.137. The summed E-state index contributed by atoms with van der Waals surface area (Å²) >= 11 is 0. The Bertz CT molecular complexity index is 1480. The van der Waals surface area contributed by atoms with Crippen LogP contribution in [-0.4, -0.2) is 47.8 Å². The average molecular weight is 564 g/mol. The zero-order valence-corrected chi connectivity index (χ0v) is 21.1. The first kappa shape index (κ1) is 27.9. The number of amides is 2. The first-order chi connectivity index (χ1) is 18.2. The van der Waals surface area contributed by atoms with E-state index in [0.29, 0.717) is 5.69 Å². The third-order valence-electron chi connectivity index (χ3n) is 6.56. The Morgan fingerprint density at radius 1 is 0.949 bits per heavy atom. The first-order valence-corrected chi connectivity index (χ1v) is 13.1. The van der Waals surface area contributed by atoms with Crippen molar-refractivity contribution >= 4 is 27.3 Å². The first-order valence-electron chi connectivity index (χ1n) is 11.6.